The summed E-state index contributed by atoms with van der Waals surface area (Å²) in [5.41, 5.74) is 5.91. The maximum atomic E-state index is 11.1. The zero-order valence-corrected chi connectivity index (χ0v) is 10.2. The molecule has 0 aliphatic carbocycles. The second-order valence-electron chi connectivity index (χ2n) is 4.60. The molecule has 5 nitrogen and oxygen atoms in total. The van der Waals surface area contributed by atoms with Crippen molar-refractivity contribution in [1.29, 1.82) is 5.26 Å². The Kier molecular flexibility index (Phi) is 3.69. The van der Waals surface area contributed by atoms with Gasteiger partial charge in [-0.1, -0.05) is 0 Å². The second kappa shape index (κ2) is 4.83. The van der Waals surface area contributed by atoms with Gasteiger partial charge in [0.15, 0.2) is 0 Å². The van der Waals surface area contributed by atoms with Crippen molar-refractivity contribution in [2.24, 2.45) is 11.1 Å². The molecule has 0 bridgehead atoms. The number of nitrogens with one attached hydrogen (secondary N) is 1. The molecule has 0 atom stereocenters. The molecular formula is C12H16N4O. The third kappa shape index (κ3) is 3.45. The van der Waals surface area contributed by atoms with Gasteiger partial charge >= 0.3 is 0 Å². The minimum atomic E-state index is -0.655. The zero-order valence-electron chi connectivity index (χ0n) is 10.2. The van der Waals surface area contributed by atoms with Crippen molar-refractivity contribution in [2.45, 2.75) is 20.8 Å². The van der Waals surface area contributed by atoms with Gasteiger partial charge in [-0.05, 0) is 32.9 Å². The summed E-state index contributed by atoms with van der Waals surface area (Å²) in [6.07, 6.45) is 0. The quantitative estimate of drug-likeness (QED) is 0.815. The highest BCUT2D eigenvalue weighted by Crippen LogP contribution is 2.16. The molecule has 0 unspecified atom stereocenters. The van der Waals surface area contributed by atoms with Gasteiger partial charge in [-0.15, -0.1) is 0 Å². The van der Waals surface area contributed by atoms with Gasteiger partial charge in [-0.25, -0.2) is 4.98 Å². The molecule has 0 saturated carbocycles. The highest BCUT2D eigenvalue weighted by atomic mass is 16.1. The van der Waals surface area contributed by atoms with E-state index in [0.717, 1.165) is 5.69 Å². The molecule has 0 aliphatic heterocycles. The van der Waals surface area contributed by atoms with Gasteiger partial charge in [0.2, 0.25) is 5.91 Å². The molecule has 0 aliphatic rings. The van der Waals surface area contributed by atoms with E-state index in [9.17, 15) is 4.79 Å². The van der Waals surface area contributed by atoms with Gasteiger partial charge in [0.1, 0.15) is 5.82 Å². The third-order valence-electron chi connectivity index (χ3n) is 2.46. The minimum absolute atomic E-state index is 0.377. The normalized spacial score (nSPS) is 10.7. The van der Waals surface area contributed by atoms with Gasteiger partial charge < -0.3 is 11.1 Å². The first kappa shape index (κ1) is 13.0. The second-order valence-corrected chi connectivity index (χ2v) is 4.60. The fourth-order valence-corrected chi connectivity index (χ4v) is 1.22. The molecule has 0 spiro atoms. The van der Waals surface area contributed by atoms with Crippen LogP contribution in [0.3, 0.4) is 0 Å². The van der Waals surface area contributed by atoms with Gasteiger partial charge in [-0.2, -0.15) is 5.26 Å². The number of hydrogen-bond acceptors (Lipinski definition) is 4. The van der Waals surface area contributed by atoms with Crippen LogP contribution in [0.4, 0.5) is 5.82 Å². The van der Waals surface area contributed by atoms with Crippen LogP contribution in [-0.2, 0) is 4.79 Å². The highest BCUT2D eigenvalue weighted by molar-refractivity contribution is 5.80. The molecule has 1 aromatic heterocycles. The Hall–Kier alpha value is -2.09. The number of nitrogens with zero attached hydrogens (tertiary/aromatic N) is 2. The predicted octanol–water partition coefficient (Wildman–Crippen LogP) is 1.19. The number of carbonyl (C=O) groups is 1. The van der Waals surface area contributed by atoms with Crippen molar-refractivity contribution in [3.8, 4) is 6.07 Å². The van der Waals surface area contributed by atoms with Gasteiger partial charge in [0.05, 0.1) is 17.0 Å². The summed E-state index contributed by atoms with van der Waals surface area (Å²) in [5, 5.41) is 11.8. The minimum Gasteiger partial charge on any atom is -0.369 e. The van der Waals surface area contributed by atoms with Crippen molar-refractivity contribution in [1.82, 2.24) is 4.98 Å². The fraction of sp³-hybridized carbons (Fsp3) is 0.417. The summed E-state index contributed by atoms with van der Waals surface area (Å²) in [6, 6.07) is 5.40. The van der Waals surface area contributed by atoms with Crippen LogP contribution in [0.1, 0.15) is 25.1 Å². The maximum Gasteiger partial charge on any atom is 0.224 e. The summed E-state index contributed by atoms with van der Waals surface area (Å²) < 4.78 is 0. The number of amides is 1. The molecule has 1 heterocycles. The van der Waals surface area contributed by atoms with Crippen molar-refractivity contribution < 1.29 is 4.79 Å². The Labute approximate surface area is 101 Å². The Morgan fingerprint density at radius 2 is 2.24 bits per heavy atom. The Bertz CT molecular complexity index is 474. The van der Waals surface area contributed by atoms with E-state index in [-0.39, 0.29) is 5.91 Å². The van der Waals surface area contributed by atoms with E-state index < -0.39 is 5.41 Å². The Balaban J connectivity index is 2.80. The van der Waals surface area contributed by atoms with Crippen molar-refractivity contribution in [3.63, 3.8) is 0 Å². The number of carbonyl (C=O) groups excluding carboxylic acids is 1. The van der Waals surface area contributed by atoms with E-state index in [4.69, 9.17) is 11.0 Å². The van der Waals surface area contributed by atoms with Crippen LogP contribution in [0.25, 0.3) is 0 Å². The fourth-order valence-electron chi connectivity index (χ4n) is 1.22. The average Bonchev–Trinajstić information content (AvgIpc) is 2.25. The molecule has 0 radical (unpaired) electrons. The van der Waals surface area contributed by atoms with Crippen LogP contribution in [0.15, 0.2) is 12.1 Å². The molecule has 0 fully saturated rings. The lowest BCUT2D eigenvalue weighted by Gasteiger charge is -2.21. The number of primary amides is 1. The van der Waals surface area contributed by atoms with E-state index >= 15 is 0 Å². The van der Waals surface area contributed by atoms with Crippen molar-refractivity contribution in [3.05, 3.63) is 23.4 Å². The van der Waals surface area contributed by atoms with Crippen LogP contribution < -0.4 is 11.1 Å². The molecular weight excluding hydrogens is 216 g/mol. The van der Waals surface area contributed by atoms with E-state index in [1.807, 2.05) is 6.92 Å². The molecule has 1 rings (SSSR count). The average molecular weight is 232 g/mol. The summed E-state index contributed by atoms with van der Waals surface area (Å²) >= 11 is 0. The zero-order chi connectivity index (χ0) is 13.1. The standard InChI is InChI=1S/C12H16N4O/c1-8-4-9(6-13)5-10(16-8)15-7-12(2,3)11(14)17/h4-5H,7H2,1-3H3,(H2,14,17)(H,15,16). The number of pyridine rings is 1. The van der Waals surface area contributed by atoms with Crippen molar-refractivity contribution in [2.75, 3.05) is 11.9 Å². The van der Waals surface area contributed by atoms with Crippen molar-refractivity contribution >= 4 is 11.7 Å². The largest absolute Gasteiger partial charge is 0.369 e. The molecule has 3 N–H and O–H groups in total. The van der Waals surface area contributed by atoms with E-state index in [2.05, 4.69) is 16.4 Å². The Morgan fingerprint density at radius 1 is 1.59 bits per heavy atom. The smallest absolute Gasteiger partial charge is 0.224 e. The number of hydrogen-bond donors (Lipinski definition) is 2. The van der Waals surface area contributed by atoms with E-state index in [0.29, 0.717) is 17.9 Å². The summed E-state index contributed by atoms with van der Waals surface area (Å²) in [5.74, 6) is 0.203. The number of nitrogens with two attached hydrogens (primary N) is 1. The molecule has 1 amide bonds. The number of anilines is 1. The molecule has 0 saturated heterocycles. The lowest BCUT2D eigenvalue weighted by Crippen LogP contribution is -2.37. The monoisotopic (exact) mass is 232 g/mol. The van der Waals surface area contributed by atoms with Crippen LogP contribution in [0.5, 0.6) is 0 Å². The molecule has 0 aromatic carbocycles. The number of aromatic nitrogens is 1. The van der Waals surface area contributed by atoms with E-state index in [1.165, 1.54) is 0 Å². The number of aryl methyl sites for hydroxylation is 1. The van der Waals surface area contributed by atoms with Gasteiger partial charge in [-0.3, -0.25) is 4.79 Å². The molecule has 17 heavy (non-hydrogen) atoms. The predicted molar refractivity (Wildman–Crippen MR) is 65.2 cm³/mol. The number of nitriles is 1. The third-order valence-corrected chi connectivity index (χ3v) is 2.46. The Morgan fingerprint density at radius 3 is 2.76 bits per heavy atom. The van der Waals surface area contributed by atoms with Gasteiger partial charge in [0.25, 0.3) is 0 Å². The van der Waals surface area contributed by atoms with Crippen LogP contribution in [0.2, 0.25) is 0 Å². The summed E-state index contributed by atoms with van der Waals surface area (Å²) in [4.78, 5) is 15.4. The van der Waals surface area contributed by atoms with E-state index in [1.54, 1.807) is 26.0 Å². The SMILES string of the molecule is Cc1cc(C#N)cc(NCC(C)(C)C(N)=O)n1. The lowest BCUT2D eigenvalue weighted by atomic mass is 9.93. The maximum absolute atomic E-state index is 11.1. The molecule has 1 aromatic rings. The van der Waals surface area contributed by atoms with Crippen LogP contribution in [0, 0.1) is 23.7 Å². The number of rotatable bonds is 4. The first-order valence-electron chi connectivity index (χ1n) is 5.28. The molecule has 5 heteroatoms. The van der Waals surface area contributed by atoms with Crippen LogP contribution >= 0.6 is 0 Å². The topological polar surface area (TPSA) is 91.8 Å². The summed E-state index contributed by atoms with van der Waals surface area (Å²) in [7, 11) is 0. The highest BCUT2D eigenvalue weighted by Gasteiger charge is 2.24. The molecule has 90 valence electrons. The first-order valence-corrected chi connectivity index (χ1v) is 5.28. The lowest BCUT2D eigenvalue weighted by molar-refractivity contribution is -0.125. The summed E-state index contributed by atoms with van der Waals surface area (Å²) in [6.45, 7) is 5.70. The van der Waals surface area contributed by atoms with Gasteiger partial charge in [0, 0.05) is 12.2 Å². The first-order chi connectivity index (χ1) is 7.85. The van der Waals surface area contributed by atoms with Crippen LogP contribution in [-0.4, -0.2) is 17.4 Å².